The number of amides is 1. The van der Waals surface area contributed by atoms with E-state index in [2.05, 4.69) is 5.32 Å². The molecule has 0 bridgehead atoms. The van der Waals surface area contributed by atoms with Gasteiger partial charge in [0.2, 0.25) is 5.91 Å². The number of nitrogens with two attached hydrogens (primary N) is 1. The highest BCUT2D eigenvalue weighted by molar-refractivity contribution is 5.79. The fourth-order valence-corrected chi connectivity index (χ4v) is 2.96. The summed E-state index contributed by atoms with van der Waals surface area (Å²) in [5.74, 6) is 0.548. The van der Waals surface area contributed by atoms with Crippen molar-refractivity contribution in [2.24, 2.45) is 11.7 Å². The van der Waals surface area contributed by atoms with Crippen molar-refractivity contribution in [3.63, 3.8) is 0 Å². The maximum absolute atomic E-state index is 11.9. The molecule has 5 heteroatoms. The lowest BCUT2D eigenvalue weighted by atomic mass is 9.72. The zero-order chi connectivity index (χ0) is 13.4. The van der Waals surface area contributed by atoms with E-state index in [1.54, 1.807) is 24.3 Å². The van der Waals surface area contributed by atoms with Crippen LogP contribution in [0.5, 0.6) is 5.75 Å². The molecule has 1 saturated heterocycles. The number of carbonyl (C=O) groups is 1. The zero-order valence-electron chi connectivity index (χ0n) is 10.6. The van der Waals surface area contributed by atoms with Crippen LogP contribution in [0.2, 0.25) is 0 Å². The first-order valence-electron chi connectivity index (χ1n) is 6.59. The Morgan fingerprint density at radius 1 is 1.42 bits per heavy atom. The topological polar surface area (TPSA) is 84.6 Å². The smallest absolute Gasteiger partial charge is 0.224 e. The summed E-state index contributed by atoms with van der Waals surface area (Å²) in [7, 11) is 0. The fourth-order valence-electron chi connectivity index (χ4n) is 2.96. The number of phenolic OH excluding ortho intramolecular Hbond substituents is 1. The van der Waals surface area contributed by atoms with E-state index in [4.69, 9.17) is 10.5 Å². The molecule has 1 aliphatic carbocycles. The highest BCUT2D eigenvalue weighted by Crippen LogP contribution is 2.37. The standard InChI is InChI=1S/C14H18N2O3/c15-12-10-5-6-19-14(10)13(12)16-11(18)7-8-1-3-9(17)4-2-8/h1-4,10,12-14,17H,5-7,15H2,(H,16,18). The Kier molecular flexibility index (Phi) is 3.16. The quantitative estimate of drug-likeness (QED) is 0.724. The Labute approximate surface area is 111 Å². The summed E-state index contributed by atoms with van der Waals surface area (Å²) in [6.07, 6.45) is 1.38. The van der Waals surface area contributed by atoms with Crippen molar-refractivity contribution in [3.8, 4) is 5.75 Å². The van der Waals surface area contributed by atoms with Gasteiger partial charge in [0.25, 0.3) is 0 Å². The molecule has 1 heterocycles. The predicted octanol–water partition coefficient (Wildman–Crippen LogP) is 0.166. The highest BCUT2D eigenvalue weighted by Gasteiger charge is 2.52. The maximum Gasteiger partial charge on any atom is 0.224 e. The monoisotopic (exact) mass is 262 g/mol. The molecule has 4 N–H and O–H groups in total. The second kappa shape index (κ2) is 4.83. The zero-order valence-corrected chi connectivity index (χ0v) is 10.6. The molecule has 19 heavy (non-hydrogen) atoms. The second-order valence-electron chi connectivity index (χ2n) is 5.30. The van der Waals surface area contributed by atoms with Crippen molar-refractivity contribution in [3.05, 3.63) is 29.8 Å². The van der Waals surface area contributed by atoms with E-state index in [9.17, 15) is 9.90 Å². The van der Waals surface area contributed by atoms with Crippen LogP contribution < -0.4 is 11.1 Å². The van der Waals surface area contributed by atoms with Gasteiger partial charge in [-0.25, -0.2) is 0 Å². The summed E-state index contributed by atoms with van der Waals surface area (Å²) < 4.78 is 5.57. The highest BCUT2D eigenvalue weighted by atomic mass is 16.5. The Balaban J connectivity index is 1.55. The van der Waals surface area contributed by atoms with Gasteiger partial charge in [-0.15, -0.1) is 0 Å². The SMILES string of the molecule is NC1C2CCOC2C1NC(=O)Cc1ccc(O)cc1. The van der Waals surface area contributed by atoms with Crippen LogP contribution in [0.4, 0.5) is 0 Å². The first-order chi connectivity index (χ1) is 9.15. The molecule has 102 valence electrons. The van der Waals surface area contributed by atoms with Gasteiger partial charge in [-0.05, 0) is 24.1 Å². The molecule has 1 aromatic rings. The third-order valence-corrected chi connectivity index (χ3v) is 4.08. The Morgan fingerprint density at radius 3 is 2.89 bits per heavy atom. The number of benzene rings is 1. The van der Waals surface area contributed by atoms with Crippen molar-refractivity contribution in [1.82, 2.24) is 5.32 Å². The Bertz CT molecular complexity index is 474. The first-order valence-corrected chi connectivity index (χ1v) is 6.59. The molecule has 2 fully saturated rings. The molecule has 4 unspecified atom stereocenters. The molecule has 4 atom stereocenters. The van der Waals surface area contributed by atoms with Crippen LogP contribution >= 0.6 is 0 Å². The molecule has 1 saturated carbocycles. The van der Waals surface area contributed by atoms with Gasteiger partial charge in [-0.3, -0.25) is 4.79 Å². The first kappa shape index (κ1) is 12.4. The number of ether oxygens (including phenoxy) is 1. The van der Waals surface area contributed by atoms with Gasteiger partial charge in [0.15, 0.2) is 0 Å². The van der Waals surface area contributed by atoms with E-state index < -0.39 is 0 Å². The lowest BCUT2D eigenvalue weighted by molar-refractivity contribution is -0.125. The summed E-state index contributed by atoms with van der Waals surface area (Å²) in [5.41, 5.74) is 6.91. The normalized spacial score (nSPS) is 32.5. The van der Waals surface area contributed by atoms with Crippen LogP contribution in [0.1, 0.15) is 12.0 Å². The number of aromatic hydroxyl groups is 1. The minimum absolute atomic E-state index is 0.0104. The van der Waals surface area contributed by atoms with Gasteiger partial charge in [0.05, 0.1) is 18.6 Å². The van der Waals surface area contributed by atoms with Gasteiger partial charge in [-0.1, -0.05) is 12.1 Å². The summed E-state index contributed by atoms with van der Waals surface area (Å²) >= 11 is 0. The van der Waals surface area contributed by atoms with Crippen molar-refractivity contribution >= 4 is 5.91 Å². The maximum atomic E-state index is 11.9. The summed E-state index contributed by atoms with van der Waals surface area (Å²) in [4.78, 5) is 11.9. The van der Waals surface area contributed by atoms with Crippen molar-refractivity contribution in [2.75, 3.05) is 6.61 Å². The lowest BCUT2D eigenvalue weighted by Gasteiger charge is -2.45. The molecule has 1 aliphatic heterocycles. The number of hydrogen-bond donors (Lipinski definition) is 3. The predicted molar refractivity (Wildman–Crippen MR) is 69.6 cm³/mol. The molecular weight excluding hydrogens is 244 g/mol. The van der Waals surface area contributed by atoms with E-state index in [0.29, 0.717) is 12.3 Å². The largest absolute Gasteiger partial charge is 0.508 e. The van der Waals surface area contributed by atoms with E-state index in [1.807, 2.05) is 0 Å². The van der Waals surface area contributed by atoms with E-state index in [1.165, 1.54) is 0 Å². The summed E-state index contributed by atoms with van der Waals surface area (Å²) in [5, 5.41) is 12.1. The summed E-state index contributed by atoms with van der Waals surface area (Å²) in [6, 6.07) is 6.59. The number of nitrogens with one attached hydrogen (secondary N) is 1. The second-order valence-corrected chi connectivity index (χ2v) is 5.30. The van der Waals surface area contributed by atoms with Gasteiger partial charge in [0, 0.05) is 18.6 Å². The molecule has 1 amide bonds. The third kappa shape index (κ3) is 2.31. The number of hydrogen-bond acceptors (Lipinski definition) is 4. The van der Waals surface area contributed by atoms with Crippen LogP contribution in [0.3, 0.4) is 0 Å². The van der Waals surface area contributed by atoms with Gasteiger partial charge in [0.1, 0.15) is 5.75 Å². The van der Waals surface area contributed by atoms with Gasteiger partial charge < -0.3 is 20.9 Å². The van der Waals surface area contributed by atoms with Crippen molar-refractivity contribution < 1.29 is 14.6 Å². The molecule has 1 aromatic carbocycles. The van der Waals surface area contributed by atoms with Crippen LogP contribution in [-0.2, 0) is 16.0 Å². The average Bonchev–Trinajstić information content (AvgIpc) is 2.83. The molecule has 0 aromatic heterocycles. The number of rotatable bonds is 3. The van der Waals surface area contributed by atoms with E-state index in [-0.39, 0.29) is 29.8 Å². The minimum Gasteiger partial charge on any atom is -0.508 e. The van der Waals surface area contributed by atoms with Crippen LogP contribution in [0.25, 0.3) is 0 Å². The molecule has 5 nitrogen and oxygen atoms in total. The number of fused-ring (bicyclic) bond motifs is 1. The molecular formula is C14H18N2O3. The molecule has 0 spiro atoms. The fraction of sp³-hybridized carbons (Fsp3) is 0.500. The van der Waals surface area contributed by atoms with Crippen LogP contribution in [0.15, 0.2) is 24.3 Å². The van der Waals surface area contributed by atoms with Crippen molar-refractivity contribution in [1.29, 1.82) is 0 Å². The number of phenols is 1. The summed E-state index contributed by atoms with van der Waals surface area (Å²) in [6.45, 7) is 0.743. The Hall–Kier alpha value is -1.59. The van der Waals surface area contributed by atoms with E-state index >= 15 is 0 Å². The van der Waals surface area contributed by atoms with Crippen LogP contribution in [0, 0.1) is 5.92 Å². The number of carbonyl (C=O) groups excluding carboxylic acids is 1. The molecule has 0 radical (unpaired) electrons. The van der Waals surface area contributed by atoms with Crippen molar-refractivity contribution in [2.45, 2.75) is 31.0 Å². The molecule has 2 aliphatic rings. The lowest BCUT2D eigenvalue weighted by Crippen LogP contribution is -2.69. The molecule has 3 rings (SSSR count). The third-order valence-electron chi connectivity index (χ3n) is 4.08. The van der Waals surface area contributed by atoms with Gasteiger partial charge in [-0.2, -0.15) is 0 Å². The average molecular weight is 262 g/mol. The minimum atomic E-state index is -0.0582. The van der Waals surface area contributed by atoms with E-state index in [0.717, 1.165) is 18.6 Å². The van der Waals surface area contributed by atoms with Gasteiger partial charge >= 0.3 is 0 Å². The Morgan fingerprint density at radius 2 is 2.16 bits per heavy atom. The van der Waals surface area contributed by atoms with Crippen LogP contribution in [-0.4, -0.2) is 35.8 Å².